The van der Waals surface area contributed by atoms with E-state index in [0.29, 0.717) is 67.5 Å². The first-order valence-corrected chi connectivity index (χ1v) is 19.3. The van der Waals surface area contributed by atoms with Crippen LogP contribution in [0.5, 0.6) is 0 Å². The number of ketones is 2. The molecule has 3 aliphatic rings. The molecule has 1 aromatic carbocycles. The number of aliphatic hydroxyl groups is 1. The van der Waals surface area contributed by atoms with E-state index in [1.54, 1.807) is 34.7 Å². The number of aromatic nitrogens is 2. The monoisotopic (exact) mass is 715 g/mol. The van der Waals surface area contributed by atoms with Gasteiger partial charge in [-0.2, -0.15) is 5.10 Å². The number of Topliss-reactive ketones (excluding diaryl/α,β-unsaturated/α-hetero) is 2. The van der Waals surface area contributed by atoms with Gasteiger partial charge in [-0.05, 0) is 75.3 Å². The van der Waals surface area contributed by atoms with Crippen LogP contribution in [0.1, 0.15) is 64.5 Å². The highest BCUT2D eigenvalue weighted by Crippen LogP contribution is 2.32. The molecule has 0 unspecified atom stereocenters. The number of allylic oxidation sites excluding steroid dienone is 2. The summed E-state index contributed by atoms with van der Waals surface area (Å²) in [4.78, 5) is 43.9. The fraction of sp³-hybridized carbons (Fsp3) is 0.611. The minimum absolute atomic E-state index is 0.118. The number of halogens is 1. The van der Waals surface area contributed by atoms with Crippen molar-refractivity contribution in [1.29, 1.82) is 0 Å². The van der Waals surface area contributed by atoms with Gasteiger partial charge in [0.05, 0.1) is 41.4 Å². The highest BCUT2D eigenvalue weighted by Gasteiger charge is 2.34. The van der Waals surface area contributed by atoms with Crippen LogP contribution in [0.4, 0.5) is 9.18 Å². The van der Waals surface area contributed by atoms with Crippen molar-refractivity contribution in [2.24, 2.45) is 17.8 Å². The number of amides is 1. The number of piperazine rings is 1. The minimum Gasteiger partial charge on any atom is -0.442 e. The molecule has 1 aromatic heterocycles. The zero-order valence-electron chi connectivity index (χ0n) is 29.6. The van der Waals surface area contributed by atoms with Crippen molar-refractivity contribution in [3.05, 3.63) is 47.4 Å². The van der Waals surface area contributed by atoms with Crippen LogP contribution in [0, 0.1) is 23.6 Å². The molecule has 0 spiro atoms. The van der Waals surface area contributed by atoms with Gasteiger partial charge in [0.2, 0.25) is 21.6 Å². The summed E-state index contributed by atoms with van der Waals surface area (Å²) in [6, 6.07) is 3.04. The van der Waals surface area contributed by atoms with Crippen molar-refractivity contribution in [3.8, 4) is 0 Å². The molecular formula is C36H50FN5O7S. The lowest BCUT2D eigenvalue weighted by Gasteiger charge is -2.33. The molecule has 1 amide bonds. The van der Waals surface area contributed by atoms with Crippen LogP contribution < -0.4 is 0 Å². The van der Waals surface area contributed by atoms with Crippen molar-refractivity contribution >= 4 is 44.7 Å². The zero-order chi connectivity index (χ0) is 36.3. The van der Waals surface area contributed by atoms with Crippen LogP contribution in [0.25, 0.3) is 17.0 Å². The Morgan fingerprint density at radius 2 is 1.70 bits per heavy atom. The summed E-state index contributed by atoms with van der Waals surface area (Å²) >= 11 is 0. The number of carbonyl (C=O) groups is 3. The van der Waals surface area contributed by atoms with Gasteiger partial charge in [0, 0.05) is 45.7 Å². The van der Waals surface area contributed by atoms with E-state index >= 15 is 4.39 Å². The number of benzene rings is 1. The number of rotatable bonds is 5. The van der Waals surface area contributed by atoms with Crippen molar-refractivity contribution in [3.63, 3.8) is 0 Å². The molecule has 5 atom stereocenters. The average Bonchev–Trinajstić information content (AvgIpc) is 3.49. The summed E-state index contributed by atoms with van der Waals surface area (Å²) in [6.07, 6.45) is 7.43. The van der Waals surface area contributed by atoms with Gasteiger partial charge in [-0.25, -0.2) is 21.9 Å². The predicted octanol–water partition coefficient (Wildman–Crippen LogP) is 4.06. The maximum absolute atomic E-state index is 15.5. The first-order chi connectivity index (χ1) is 23.6. The van der Waals surface area contributed by atoms with Crippen LogP contribution in [0.3, 0.4) is 0 Å². The molecule has 14 heteroatoms. The number of carbonyl (C=O) groups excluding carboxylic acids is 3. The molecule has 2 aromatic rings. The van der Waals surface area contributed by atoms with Gasteiger partial charge in [0.15, 0.2) is 0 Å². The first kappa shape index (κ1) is 37.8. The topological polar surface area (TPSA) is 142 Å². The maximum Gasteiger partial charge on any atom is 0.410 e. The summed E-state index contributed by atoms with van der Waals surface area (Å²) < 4.78 is 48.6. The van der Waals surface area contributed by atoms with Gasteiger partial charge in [-0.15, -0.1) is 0 Å². The number of sulfonamides is 1. The third kappa shape index (κ3) is 8.87. The standard InChI is InChI=1S/C36H50FN5O7S/c1-23-6-8-28(43)21-32(44)35(45)34(24(2)7-9-33(23)49-36(46)40-16-14-39(4)15-17-40)25(3)18-26-19-30(37)29-22-38-42(31(29)20-26)27-10-12-41(13-11-27)50(5,47)48/h7,9,18-20,22-24,27-28,33-34,43H,6,8,10-17,21H2,1-5H3/b9-7+,25-18+/t23-,24-,28+,33-,34-/m0/s1. The van der Waals surface area contributed by atoms with E-state index in [1.165, 1.54) is 22.8 Å². The van der Waals surface area contributed by atoms with Crippen LogP contribution in [-0.2, 0) is 24.3 Å². The number of fused-ring (bicyclic) bond motifs is 1. The van der Waals surface area contributed by atoms with Crippen LogP contribution in [0.15, 0.2) is 36.1 Å². The minimum atomic E-state index is -3.30. The number of piperidine rings is 1. The molecule has 1 aliphatic carbocycles. The Morgan fingerprint density at radius 3 is 2.36 bits per heavy atom. The molecule has 12 nitrogen and oxygen atoms in total. The Bertz CT molecular complexity index is 1740. The third-order valence-corrected chi connectivity index (χ3v) is 11.7. The molecule has 0 bridgehead atoms. The number of hydrogen-bond acceptors (Lipinski definition) is 9. The fourth-order valence-corrected chi connectivity index (χ4v) is 8.13. The Balaban J connectivity index is 1.42. The zero-order valence-corrected chi connectivity index (χ0v) is 30.4. The fourth-order valence-electron chi connectivity index (χ4n) is 7.26. The summed E-state index contributed by atoms with van der Waals surface area (Å²) in [7, 11) is -1.30. The van der Waals surface area contributed by atoms with E-state index in [1.807, 2.05) is 27.0 Å². The lowest BCUT2D eigenvalue weighted by molar-refractivity contribution is -0.140. The molecule has 2 fully saturated rings. The van der Waals surface area contributed by atoms with Gasteiger partial charge in [0.1, 0.15) is 11.9 Å². The lowest BCUT2D eigenvalue weighted by atomic mass is 9.79. The summed E-state index contributed by atoms with van der Waals surface area (Å²) in [6.45, 7) is 8.81. The number of hydrogen-bond donors (Lipinski definition) is 1. The maximum atomic E-state index is 15.5. The Hall–Kier alpha value is -3.46. The molecular weight excluding hydrogens is 665 g/mol. The molecule has 2 aliphatic heterocycles. The van der Waals surface area contributed by atoms with Crippen molar-refractivity contribution < 1.29 is 37.0 Å². The lowest BCUT2D eigenvalue weighted by Crippen LogP contribution is -2.48. The second-order valence-electron chi connectivity index (χ2n) is 14.4. The van der Waals surface area contributed by atoms with E-state index in [2.05, 4.69) is 10.00 Å². The Morgan fingerprint density at radius 1 is 1.02 bits per heavy atom. The summed E-state index contributed by atoms with van der Waals surface area (Å²) in [5.74, 6) is -3.34. The number of nitrogens with zero attached hydrogens (tertiary/aromatic N) is 5. The van der Waals surface area contributed by atoms with Crippen molar-refractivity contribution in [2.75, 3.05) is 52.6 Å². The van der Waals surface area contributed by atoms with Gasteiger partial charge >= 0.3 is 6.09 Å². The largest absolute Gasteiger partial charge is 0.442 e. The van der Waals surface area contributed by atoms with E-state index in [9.17, 15) is 27.9 Å². The van der Waals surface area contributed by atoms with Crippen LogP contribution in [-0.4, -0.2) is 120 Å². The van der Waals surface area contributed by atoms with E-state index < -0.39 is 57.5 Å². The Kier molecular flexibility index (Phi) is 12.0. The van der Waals surface area contributed by atoms with Crippen LogP contribution in [0.2, 0.25) is 0 Å². The van der Waals surface area contributed by atoms with Crippen molar-refractivity contribution in [2.45, 2.75) is 71.1 Å². The number of likely N-dealkylation sites (N-methyl/N-ethyl adjacent to an activating group) is 1. The van der Waals surface area contributed by atoms with Gasteiger partial charge < -0.3 is 19.6 Å². The first-order valence-electron chi connectivity index (χ1n) is 17.5. The molecule has 0 saturated carbocycles. The molecule has 5 rings (SSSR count). The number of ether oxygens (including phenoxy) is 1. The molecule has 274 valence electrons. The third-order valence-electron chi connectivity index (χ3n) is 10.4. The van der Waals surface area contributed by atoms with Gasteiger partial charge in [-0.1, -0.05) is 31.6 Å². The molecule has 1 N–H and O–H groups in total. The van der Waals surface area contributed by atoms with Gasteiger partial charge in [0.25, 0.3) is 0 Å². The average molecular weight is 716 g/mol. The molecule has 3 heterocycles. The van der Waals surface area contributed by atoms with E-state index in [0.717, 1.165) is 13.1 Å². The Labute approximate surface area is 294 Å². The highest BCUT2D eigenvalue weighted by atomic mass is 32.2. The second-order valence-corrected chi connectivity index (χ2v) is 16.3. The summed E-state index contributed by atoms with van der Waals surface area (Å²) in [5.41, 5.74) is 1.58. The quantitative estimate of drug-likeness (QED) is 0.359. The SMILES string of the molecule is C/C(=C\c1cc(F)c2cnn(C3CCN(S(C)(=O)=O)CC3)c2c1)[C@H]1C(=O)C(=O)C[C@H](O)CC[C@H](C)[C@@H](OC(=O)N2CCN(C)CC2)/C=C/[C@@H]1C. The molecule has 0 radical (unpaired) electrons. The second kappa shape index (κ2) is 15.8. The number of aliphatic hydroxyl groups excluding tert-OH is 1. The van der Waals surface area contributed by atoms with Gasteiger partial charge in [-0.3, -0.25) is 14.3 Å². The normalized spacial score (nSPS) is 28.3. The molecule has 50 heavy (non-hydrogen) atoms. The molecule has 2 saturated heterocycles. The van der Waals surface area contributed by atoms with Crippen LogP contribution >= 0.6 is 0 Å². The smallest absolute Gasteiger partial charge is 0.410 e. The predicted molar refractivity (Wildman–Crippen MR) is 188 cm³/mol. The van der Waals surface area contributed by atoms with E-state index in [-0.39, 0.29) is 24.8 Å². The highest BCUT2D eigenvalue weighted by molar-refractivity contribution is 7.88. The summed E-state index contributed by atoms with van der Waals surface area (Å²) in [5, 5.41) is 15.5. The van der Waals surface area contributed by atoms with E-state index in [4.69, 9.17) is 4.74 Å². The van der Waals surface area contributed by atoms with Crippen molar-refractivity contribution in [1.82, 2.24) is 23.9 Å².